The highest BCUT2D eigenvalue weighted by Gasteiger charge is 2.30. The first kappa shape index (κ1) is 35.1. The van der Waals surface area contributed by atoms with Crippen LogP contribution in [0.5, 0.6) is 5.75 Å². The first-order valence-electron chi connectivity index (χ1n) is 13.8. The van der Waals surface area contributed by atoms with E-state index in [1.165, 1.54) is 12.1 Å². The van der Waals surface area contributed by atoms with Crippen molar-refractivity contribution in [1.29, 1.82) is 0 Å². The zero-order valence-electron chi connectivity index (χ0n) is 23.8. The lowest BCUT2D eigenvalue weighted by Crippen LogP contribution is -2.57. The predicted octanol–water partition coefficient (Wildman–Crippen LogP) is -0.970. The van der Waals surface area contributed by atoms with Crippen LogP contribution in [0.15, 0.2) is 29.3 Å². The molecule has 0 aliphatic heterocycles. The van der Waals surface area contributed by atoms with Gasteiger partial charge < -0.3 is 49.1 Å². The number of nitrogens with one attached hydrogen (secondary N) is 3. The SMILES string of the molecule is CC(C)CC(N)C(=O)NC(CCCCN)C(=O)NC(CCCN=C(N)N)C(=O)NC(Cc1ccc(O)cc1)C(=O)O. The van der Waals surface area contributed by atoms with E-state index in [9.17, 15) is 29.4 Å². The Labute approximate surface area is 240 Å². The number of hydrogen-bond acceptors (Lipinski definition) is 8. The molecule has 0 saturated carbocycles. The monoisotopic (exact) mass is 578 g/mol. The van der Waals surface area contributed by atoms with Crippen LogP contribution in [0.25, 0.3) is 0 Å². The number of phenols is 1. The Morgan fingerprint density at radius 1 is 0.854 bits per heavy atom. The van der Waals surface area contributed by atoms with Crippen molar-refractivity contribution in [2.45, 2.75) is 83.0 Å². The summed E-state index contributed by atoms with van der Waals surface area (Å²) in [5, 5.41) is 27.0. The fourth-order valence-electron chi connectivity index (χ4n) is 4.04. The van der Waals surface area contributed by atoms with Crippen molar-refractivity contribution in [3.8, 4) is 5.75 Å². The number of carboxylic acid groups (broad SMARTS) is 1. The molecule has 0 heterocycles. The van der Waals surface area contributed by atoms with Crippen LogP contribution in [0.1, 0.15) is 57.9 Å². The molecule has 0 spiro atoms. The molecule has 1 aromatic carbocycles. The molecule has 0 saturated heterocycles. The molecule has 13 N–H and O–H groups in total. The summed E-state index contributed by atoms with van der Waals surface area (Å²) in [5.41, 5.74) is 22.9. The maximum absolute atomic E-state index is 13.3. The van der Waals surface area contributed by atoms with Crippen molar-refractivity contribution in [1.82, 2.24) is 16.0 Å². The summed E-state index contributed by atoms with van der Waals surface area (Å²) < 4.78 is 0. The fraction of sp³-hybridized carbons (Fsp3) is 0.593. The van der Waals surface area contributed by atoms with Crippen LogP contribution in [0, 0.1) is 5.92 Å². The minimum absolute atomic E-state index is 0.0199. The van der Waals surface area contributed by atoms with E-state index >= 15 is 0 Å². The zero-order valence-corrected chi connectivity index (χ0v) is 23.8. The molecule has 1 aromatic rings. The molecule has 14 nitrogen and oxygen atoms in total. The van der Waals surface area contributed by atoms with E-state index in [4.69, 9.17) is 22.9 Å². The summed E-state index contributed by atoms with van der Waals surface area (Å²) >= 11 is 0. The third kappa shape index (κ3) is 14.3. The molecule has 3 amide bonds. The molecular weight excluding hydrogens is 532 g/mol. The van der Waals surface area contributed by atoms with E-state index in [-0.39, 0.29) is 43.4 Å². The van der Waals surface area contributed by atoms with E-state index < -0.39 is 47.9 Å². The van der Waals surface area contributed by atoms with E-state index in [2.05, 4.69) is 20.9 Å². The molecule has 0 radical (unpaired) electrons. The second kappa shape index (κ2) is 18.4. The predicted molar refractivity (Wildman–Crippen MR) is 155 cm³/mol. The molecule has 41 heavy (non-hydrogen) atoms. The summed E-state index contributed by atoms with van der Waals surface area (Å²) in [6.07, 6.45) is 2.20. The average molecular weight is 579 g/mol. The standard InChI is InChI=1S/C27H46N8O6/c1-16(2)14-19(29)23(37)33-20(6-3-4-12-28)24(38)34-21(7-5-13-32-27(30)31)25(39)35-22(26(40)41)15-17-8-10-18(36)11-9-17/h8-11,16,19-22,36H,3-7,12-15,28-29H2,1-2H3,(H,33,37)(H,34,38)(H,35,39)(H,40,41)(H4,30,31,32). The number of guanidine groups is 1. The summed E-state index contributed by atoms with van der Waals surface area (Å²) in [5.74, 6) is -3.04. The molecular formula is C27H46N8O6. The Bertz CT molecular complexity index is 1010. The topological polar surface area (TPSA) is 261 Å². The quantitative estimate of drug-likeness (QED) is 0.0551. The summed E-state index contributed by atoms with van der Waals surface area (Å²) in [7, 11) is 0. The van der Waals surface area contributed by atoms with Gasteiger partial charge in [-0.25, -0.2) is 4.79 Å². The number of phenolic OH excluding ortho intramolecular Hbond substituents is 1. The van der Waals surface area contributed by atoms with Crippen LogP contribution in [0.4, 0.5) is 0 Å². The fourth-order valence-corrected chi connectivity index (χ4v) is 4.04. The van der Waals surface area contributed by atoms with Gasteiger partial charge in [0.15, 0.2) is 5.96 Å². The smallest absolute Gasteiger partial charge is 0.326 e. The molecule has 4 unspecified atom stereocenters. The highest BCUT2D eigenvalue weighted by atomic mass is 16.4. The van der Waals surface area contributed by atoms with Gasteiger partial charge in [0.05, 0.1) is 6.04 Å². The number of carbonyl (C=O) groups excluding carboxylic acids is 3. The molecule has 230 valence electrons. The van der Waals surface area contributed by atoms with Gasteiger partial charge in [0.25, 0.3) is 0 Å². The third-order valence-electron chi connectivity index (χ3n) is 6.21. The van der Waals surface area contributed by atoms with Crippen LogP contribution in [0.2, 0.25) is 0 Å². The zero-order chi connectivity index (χ0) is 30.9. The second-order valence-corrected chi connectivity index (χ2v) is 10.4. The number of benzene rings is 1. The number of nitrogens with two attached hydrogens (primary N) is 4. The molecule has 0 bridgehead atoms. The lowest BCUT2D eigenvalue weighted by atomic mass is 10.0. The Hall–Kier alpha value is -3.91. The number of unbranched alkanes of at least 4 members (excludes halogenated alkanes) is 1. The average Bonchev–Trinajstić information content (AvgIpc) is 2.89. The summed E-state index contributed by atoms with van der Waals surface area (Å²) in [6.45, 7) is 4.44. The molecule has 0 aromatic heterocycles. The van der Waals surface area contributed by atoms with Crippen LogP contribution in [-0.4, -0.2) is 77.1 Å². The Morgan fingerprint density at radius 3 is 1.90 bits per heavy atom. The number of hydrogen-bond donors (Lipinski definition) is 9. The van der Waals surface area contributed by atoms with Gasteiger partial charge in [-0.2, -0.15) is 0 Å². The number of aliphatic carboxylic acids is 1. The van der Waals surface area contributed by atoms with Crippen molar-refractivity contribution in [3.63, 3.8) is 0 Å². The number of carbonyl (C=O) groups is 4. The van der Waals surface area contributed by atoms with Gasteiger partial charge in [-0.3, -0.25) is 19.4 Å². The molecule has 1 rings (SSSR count). The van der Waals surface area contributed by atoms with E-state index in [1.54, 1.807) is 12.1 Å². The molecule has 14 heteroatoms. The lowest BCUT2D eigenvalue weighted by Gasteiger charge is -2.25. The largest absolute Gasteiger partial charge is 0.508 e. The van der Waals surface area contributed by atoms with E-state index in [1.807, 2.05) is 13.8 Å². The Kier molecular flexibility index (Phi) is 15.8. The van der Waals surface area contributed by atoms with Gasteiger partial charge >= 0.3 is 5.97 Å². The van der Waals surface area contributed by atoms with Gasteiger partial charge in [0.1, 0.15) is 23.9 Å². The van der Waals surface area contributed by atoms with Gasteiger partial charge in [-0.1, -0.05) is 26.0 Å². The number of carboxylic acids is 1. The van der Waals surface area contributed by atoms with Crippen molar-refractivity contribution in [2.24, 2.45) is 33.8 Å². The summed E-state index contributed by atoms with van der Waals surface area (Å²) in [6, 6.07) is 1.68. The van der Waals surface area contributed by atoms with E-state index in [0.717, 1.165) is 0 Å². The molecule has 4 atom stereocenters. The van der Waals surface area contributed by atoms with Gasteiger partial charge in [-0.15, -0.1) is 0 Å². The highest BCUT2D eigenvalue weighted by molar-refractivity contribution is 5.94. The Morgan fingerprint density at radius 2 is 1.39 bits per heavy atom. The van der Waals surface area contributed by atoms with Gasteiger partial charge in [0.2, 0.25) is 17.7 Å². The number of aliphatic imine (C=N–C) groups is 1. The molecule has 0 fully saturated rings. The first-order chi connectivity index (χ1) is 19.3. The van der Waals surface area contributed by atoms with Gasteiger partial charge in [0, 0.05) is 13.0 Å². The molecule has 0 aliphatic rings. The number of amides is 3. The maximum Gasteiger partial charge on any atom is 0.326 e. The number of rotatable bonds is 19. The Balaban J connectivity index is 3.09. The number of nitrogens with zero attached hydrogens (tertiary/aromatic N) is 1. The minimum Gasteiger partial charge on any atom is -0.508 e. The lowest BCUT2D eigenvalue weighted by molar-refractivity contribution is -0.142. The normalized spacial score (nSPS) is 13.9. The first-order valence-corrected chi connectivity index (χ1v) is 13.8. The third-order valence-corrected chi connectivity index (χ3v) is 6.21. The van der Waals surface area contributed by atoms with Crippen LogP contribution < -0.4 is 38.9 Å². The molecule has 0 aliphatic carbocycles. The maximum atomic E-state index is 13.3. The van der Waals surface area contributed by atoms with Crippen molar-refractivity contribution in [3.05, 3.63) is 29.8 Å². The van der Waals surface area contributed by atoms with Crippen molar-refractivity contribution in [2.75, 3.05) is 13.1 Å². The van der Waals surface area contributed by atoms with Gasteiger partial charge in [-0.05, 0) is 68.7 Å². The number of aromatic hydroxyl groups is 1. The van der Waals surface area contributed by atoms with Crippen LogP contribution in [0.3, 0.4) is 0 Å². The van der Waals surface area contributed by atoms with Crippen molar-refractivity contribution >= 4 is 29.7 Å². The van der Waals surface area contributed by atoms with E-state index in [0.29, 0.717) is 37.8 Å². The summed E-state index contributed by atoms with van der Waals surface area (Å²) in [4.78, 5) is 55.1. The van der Waals surface area contributed by atoms with Crippen molar-refractivity contribution < 1.29 is 29.4 Å². The minimum atomic E-state index is -1.31. The second-order valence-electron chi connectivity index (χ2n) is 10.4. The highest BCUT2D eigenvalue weighted by Crippen LogP contribution is 2.12. The van der Waals surface area contributed by atoms with Crippen LogP contribution in [-0.2, 0) is 25.6 Å². The van der Waals surface area contributed by atoms with Crippen LogP contribution >= 0.6 is 0 Å².